The summed E-state index contributed by atoms with van der Waals surface area (Å²) in [5, 5.41) is 12.8. The van der Waals surface area contributed by atoms with Gasteiger partial charge in [-0.3, -0.25) is 0 Å². The van der Waals surface area contributed by atoms with E-state index < -0.39 is 17.8 Å². The highest BCUT2D eigenvalue weighted by atomic mass is 19.1. The van der Waals surface area contributed by atoms with E-state index in [0.29, 0.717) is 28.2 Å². The number of hydrogen-bond acceptors (Lipinski definition) is 5. The van der Waals surface area contributed by atoms with Crippen LogP contribution in [0.15, 0.2) is 18.2 Å². The highest BCUT2D eigenvalue weighted by Crippen LogP contribution is 2.39. The molecule has 3 aromatic rings. The van der Waals surface area contributed by atoms with Crippen molar-refractivity contribution in [1.82, 2.24) is 15.0 Å². The van der Waals surface area contributed by atoms with E-state index in [4.69, 9.17) is 5.73 Å². The molecule has 1 aromatic carbocycles. The maximum atomic E-state index is 14.8. The number of carbonyl (C=O) groups is 1. The van der Waals surface area contributed by atoms with E-state index in [1.165, 1.54) is 12.1 Å². The number of aromatic nitrogens is 3. The highest BCUT2D eigenvalue weighted by molar-refractivity contribution is 5.96. The van der Waals surface area contributed by atoms with Gasteiger partial charge in [-0.1, -0.05) is 0 Å². The Kier molecular flexibility index (Phi) is 4.11. The van der Waals surface area contributed by atoms with Gasteiger partial charge in [0.1, 0.15) is 17.2 Å². The molecule has 28 heavy (non-hydrogen) atoms. The number of aromatic carboxylic acids is 1. The first-order valence-electron chi connectivity index (χ1n) is 9.16. The summed E-state index contributed by atoms with van der Waals surface area (Å²) in [6, 6.07) is 3.74. The van der Waals surface area contributed by atoms with Crippen LogP contribution in [-0.2, 0) is 0 Å². The largest absolute Gasteiger partial charge is 0.478 e. The first-order valence-corrected chi connectivity index (χ1v) is 9.16. The number of hydrogen-bond donors (Lipinski definition) is 4. The van der Waals surface area contributed by atoms with E-state index in [1.54, 1.807) is 13.0 Å². The first kappa shape index (κ1) is 18.4. The van der Waals surface area contributed by atoms with Gasteiger partial charge in [-0.2, -0.15) is 0 Å². The molecular formula is C20H22FN5O2. The molecule has 0 aliphatic heterocycles. The van der Waals surface area contributed by atoms with Crippen molar-refractivity contribution in [2.45, 2.75) is 45.2 Å². The van der Waals surface area contributed by atoms with Crippen LogP contribution in [0.1, 0.15) is 54.5 Å². The zero-order valence-corrected chi connectivity index (χ0v) is 15.9. The van der Waals surface area contributed by atoms with Crippen LogP contribution in [-0.4, -0.2) is 31.6 Å². The molecule has 1 fully saturated rings. The zero-order chi connectivity index (χ0) is 20.2. The van der Waals surface area contributed by atoms with E-state index in [-0.39, 0.29) is 16.7 Å². The SMILES string of the molecule is Cc1nc2ccc(F)c(-c3cc(C(=O)O)c(C(C)N)[nH]3)c2nc1NC1(C)CC1. The number of carboxylic acids is 1. The monoisotopic (exact) mass is 383 g/mol. The maximum Gasteiger partial charge on any atom is 0.337 e. The Morgan fingerprint density at radius 3 is 2.68 bits per heavy atom. The van der Waals surface area contributed by atoms with Crippen molar-refractivity contribution in [3.05, 3.63) is 41.0 Å². The second kappa shape index (κ2) is 6.27. The summed E-state index contributed by atoms with van der Waals surface area (Å²) in [4.78, 5) is 23.8. The van der Waals surface area contributed by atoms with Crippen LogP contribution >= 0.6 is 0 Å². The Morgan fingerprint density at radius 1 is 1.39 bits per heavy atom. The molecule has 146 valence electrons. The number of nitrogens with one attached hydrogen (secondary N) is 2. The van der Waals surface area contributed by atoms with E-state index in [9.17, 15) is 14.3 Å². The fraction of sp³-hybridized carbons (Fsp3) is 0.350. The molecule has 1 atom stereocenters. The van der Waals surface area contributed by atoms with Crippen LogP contribution in [0.3, 0.4) is 0 Å². The van der Waals surface area contributed by atoms with Crippen molar-refractivity contribution >= 4 is 22.8 Å². The molecule has 7 nitrogen and oxygen atoms in total. The summed E-state index contributed by atoms with van der Waals surface area (Å²) in [7, 11) is 0. The van der Waals surface area contributed by atoms with Crippen molar-refractivity contribution in [3.63, 3.8) is 0 Å². The quantitative estimate of drug-likeness (QED) is 0.533. The summed E-state index contributed by atoms with van der Waals surface area (Å²) in [6.45, 7) is 5.63. The summed E-state index contributed by atoms with van der Waals surface area (Å²) < 4.78 is 14.8. The number of nitrogens with two attached hydrogens (primary N) is 1. The number of aromatic amines is 1. The minimum Gasteiger partial charge on any atom is -0.478 e. The number of fused-ring (bicyclic) bond motifs is 1. The van der Waals surface area contributed by atoms with Crippen LogP contribution in [0.25, 0.3) is 22.3 Å². The van der Waals surface area contributed by atoms with Crippen molar-refractivity contribution in [3.8, 4) is 11.3 Å². The Hall–Kier alpha value is -3.00. The van der Waals surface area contributed by atoms with E-state index >= 15 is 0 Å². The lowest BCUT2D eigenvalue weighted by Crippen LogP contribution is -2.18. The van der Waals surface area contributed by atoms with E-state index in [2.05, 4.69) is 27.2 Å². The number of aryl methyl sites for hydroxylation is 1. The fourth-order valence-corrected chi connectivity index (χ4v) is 3.30. The molecule has 0 saturated heterocycles. The van der Waals surface area contributed by atoms with Crippen molar-refractivity contribution in [2.24, 2.45) is 5.73 Å². The smallest absolute Gasteiger partial charge is 0.337 e. The van der Waals surface area contributed by atoms with Crippen molar-refractivity contribution in [2.75, 3.05) is 5.32 Å². The molecule has 2 aromatic heterocycles. The van der Waals surface area contributed by atoms with Gasteiger partial charge in [0, 0.05) is 17.3 Å². The lowest BCUT2D eigenvalue weighted by Gasteiger charge is -2.15. The van der Waals surface area contributed by atoms with Gasteiger partial charge in [0.25, 0.3) is 0 Å². The number of rotatable bonds is 5. The van der Waals surface area contributed by atoms with Gasteiger partial charge in [0.05, 0.1) is 28.0 Å². The van der Waals surface area contributed by atoms with Crippen LogP contribution in [0.5, 0.6) is 0 Å². The maximum absolute atomic E-state index is 14.8. The van der Waals surface area contributed by atoms with Crippen molar-refractivity contribution in [1.29, 1.82) is 0 Å². The molecule has 0 radical (unpaired) electrons. The van der Waals surface area contributed by atoms with Gasteiger partial charge in [-0.25, -0.2) is 19.2 Å². The van der Waals surface area contributed by atoms with Crippen LogP contribution in [0.4, 0.5) is 10.2 Å². The molecule has 0 amide bonds. The first-order chi connectivity index (χ1) is 13.2. The highest BCUT2D eigenvalue weighted by Gasteiger charge is 2.38. The second-order valence-electron chi connectivity index (χ2n) is 7.74. The minimum atomic E-state index is -1.12. The summed E-state index contributed by atoms with van der Waals surface area (Å²) >= 11 is 0. The van der Waals surface area contributed by atoms with E-state index in [1.807, 2.05) is 6.92 Å². The second-order valence-corrected chi connectivity index (χ2v) is 7.74. The molecule has 1 unspecified atom stereocenters. The summed E-state index contributed by atoms with van der Waals surface area (Å²) in [5.74, 6) is -1.03. The zero-order valence-electron chi connectivity index (χ0n) is 15.9. The van der Waals surface area contributed by atoms with Gasteiger partial charge in [0.2, 0.25) is 0 Å². The number of benzene rings is 1. The van der Waals surface area contributed by atoms with Crippen LogP contribution in [0.2, 0.25) is 0 Å². The average molecular weight is 383 g/mol. The van der Waals surface area contributed by atoms with Crippen LogP contribution in [0, 0.1) is 12.7 Å². The Bertz CT molecular complexity index is 1100. The van der Waals surface area contributed by atoms with Gasteiger partial charge in [-0.05, 0) is 51.8 Å². The predicted molar refractivity (Wildman–Crippen MR) is 105 cm³/mol. The standard InChI is InChI=1S/C20H22FN5O2/c1-9(22)16-11(19(27)28)8-14(24-16)15-12(21)4-5-13-17(15)25-18(10(2)23-13)26-20(3)6-7-20/h4-5,8-9,24H,6-7,22H2,1-3H3,(H,25,26)(H,27,28). The molecule has 1 aliphatic rings. The predicted octanol–water partition coefficient (Wildman–Crippen LogP) is 3.75. The molecule has 1 saturated carbocycles. The van der Waals surface area contributed by atoms with Gasteiger partial charge in [0.15, 0.2) is 0 Å². The number of H-pyrrole nitrogens is 1. The molecule has 4 rings (SSSR count). The molecule has 0 bridgehead atoms. The molecule has 0 spiro atoms. The average Bonchev–Trinajstić information content (AvgIpc) is 3.17. The molecule has 5 N–H and O–H groups in total. The fourth-order valence-electron chi connectivity index (χ4n) is 3.30. The number of nitrogens with zero attached hydrogens (tertiary/aromatic N) is 2. The third kappa shape index (κ3) is 3.09. The molecular weight excluding hydrogens is 361 g/mol. The third-order valence-corrected chi connectivity index (χ3v) is 5.18. The van der Waals surface area contributed by atoms with Gasteiger partial charge in [-0.15, -0.1) is 0 Å². The van der Waals surface area contributed by atoms with E-state index in [0.717, 1.165) is 18.5 Å². The van der Waals surface area contributed by atoms with Crippen molar-refractivity contribution < 1.29 is 14.3 Å². The topological polar surface area (TPSA) is 117 Å². The summed E-state index contributed by atoms with van der Waals surface area (Å²) in [5.41, 5.74) is 8.37. The summed E-state index contributed by atoms with van der Waals surface area (Å²) in [6.07, 6.45) is 2.08. The van der Waals surface area contributed by atoms with Gasteiger partial charge >= 0.3 is 5.97 Å². The lowest BCUT2D eigenvalue weighted by atomic mass is 10.1. The van der Waals surface area contributed by atoms with Gasteiger partial charge < -0.3 is 21.1 Å². The Morgan fingerprint density at radius 2 is 2.11 bits per heavy atom. The third-order valence-electron chi connectivity index (χ3n) is 5.18. The molecule has 8 heteroatoms. The Balaban J connectivity index is 1.93. The number of halogens is 1. The normalized spacial score (nSPS) is 16.2. The minimum absolute atomic E-state index is 0.00827. The lowest BCUT2D eigenvalue weighted by molar-refractivity contribution is 0.0695. The number of anilines is 1. The Labute approximate surface area is 161 Å². The number of carboxylic acid groups (broad SMARTS) is 1. The molecule has 1 aliphatic carbocycles. The molecule has 2 heterocycles. The van der Waals surface area contributed by atoms with Crippen LogP contribution < -0.4 is 11.1 Å².